The number of hydrogen-bond donors (Lipinski definition) is 0. The summed E-state index contributed by atoms with van der Waals surface area (Å²) in [6.07, 6.45) is 0.736. The molecule has 0 radical (unpaired) electrons. The highest BCUT2D eigenvalue weighted by Gasteiger charge is 2.13. The maximum absolute atomic E-state index is 10.8. The van der Waals surface area contributed by atoms with Crippen LogP contribution in [0.15, 0.2) is 40.9 Å². The maximum Gasteiger partial charge on any atom is 0.264 e. The molecule has 3 aromatic rings. The zero-order chi connectivity index (χ0) is 19.2. The minimum atomic E-state index is 0.0527. The molecule has 27 heavy (non-hydrogen) atoms. The van der Waals surface area contributed by atoms with Crippen molar-refractivity contribution in [3.63, 3.8) is 0 Å². The van der Waals surface area contributed by atoms with E-state index in [4.69, 9.17) is 23.5 Å². The fourth-order valence-corrected chi connectivity index (χ4v) is 2.42. The number of ether oxygens (including phenoxy) is 4. The summed E-state index contributed by atoms with van der Waals surface area (Å²) in [5.74, 6) is 2.78. The number of hydrogen-bond acceptors (Lipinski definition) is 8. The number of aromatic nitrogens is 2. The second kappa shape index (κ2) is 8.22. The zero-order valence-electron chi connectivity index (χ0n) is 15.1. The lowest BCUT2D eigenvalue weighted by molar-refractivity contribution is 0.112. The molecule has 0 aliphatic carbocycles. The van der Waals surface area contributed by atoms with Gasteiger partial charge < -0.3 is 23.5 Å². The first kappa shape index (κ1) is 18.2. The number of benzene rings is 2. The van der Waals surface area contributed by atoms with Crippen molar-refractivity contribution < 1.29 is 28.3 Å². The van der Waals surface area contributed by atoms with Gasteiger partial charge in [-0.05, 0) is 36.4 Å². The third-order valence-electron chi connectivity index (χ3n) is 3.78. The largest absolute Gasteiger partial charge is 0.493 e. The van der Waals surface area contributed by atoms with Gasteiger partial charge in [-0.2, -0.15) is 4.98 Å². The van der Waals surface area contributed by atoms with Gasteiger partial charge in [-0.15, -0.1) is 0 Å². The van der Waals surface area contributed by atoms with Gasteiger partial charge >= 0.3 is 0 Å². The monoisotopic (exact) mass is 370 g/mol. The summed E-state index contributed by atoms with van der Waals surface area (Å²) in [6, 6.07) is 10.2. The Kier molecular flexibility index (Phi) is 5.55. The van der Waals surface area contributed by atoms with Crippen LogP contribution in [0.25, 0.3) is 11.4 Å². The van der Waals surface area contributed by atoms with Crippen LogP contribution in [0.1, 0.15) is 16.2 Å². The van der Waals surface area contributed by atoms with E-state index >= 15 is 0 Å². The molecule has 0 unspecified atom stereocenters. The Bertz CT molecular complexity index is 938. The smallest absolute Gasteiger partial charge is 0.264 e. The summed E-state index contributed by atoms with van der Waals surface area (Å²) in [5.41, 5.74) is 1.21. The first-order valence-electron chi connectivity index (χ1n) is 7.99. The number of carbonyl (C=O) groups excluding carboxylic acids is 1. The third kappa shape index (κ3) is 4.00. The first-order valence-corrected chi connectivity index (χ1v) is 7.99. The number of methoxy groups -OCH3 is 3. The molecule has 0 aliphatic heterocycles. The van der Waals surface area contributed by atoms with Gasteiger partial charge in [0.1, 0.15) is 6.29 Å². The maximum atomic E-state index is 10.8. The number of carbonyl (C=O) groups is 1. The molecule has 0 spiro atoms. The van der Waals surface area contributed by atoms with Gasteiger partial charge in [0, 0.05) is 11.1 Å². The molecule has 1 heterocycles. The molecule has 0 atom stereocenters. The van der Waals surface area contributed by atoms with E-state index in [2.05, 4.69) is 10.1 Å². The highest BCUT2D eigenvalue weighted by Crippen LogP contribution is 2.31. The molecule has 1 aromatic heterocycles. The van der Waals surface area contributed by atoms with Gasteiger partial charge in [-0.3, -0.25) is 4.79 Å². The second-order valence-electron chi connectivity index (χ2n) is 5.40. The quantitative estimate of drug-likeness (QED) is 0.558. The lowest BCUT2D eigenvalue weighted by atomic mass is 10.2. The summed E-state index contributed by atoms with van der Waals surface area (Å²) in [4.78, 5) is 15.2. The van der Waals surface area contributed by atoms with Crippen molar-refractivity contribution in [2.24, 2.45) is 0 Å². The van der Waals surface area contributed by atoms with E-state index < -0.39 is 0 Å². The summed E-state index contributed by atoms with van der Waals surface area (Å²) >= 11 is 0. The topological polar surface area (TPSA) is 92.9 Å². The molecule has 0 bridgehead atoms. The second-order valence-corrected chi connectivity index (χ2v) is 5.40. The molecule has 0 amide bonds. The van der Waals surface area contributed by atoms with Gasteiger partial charge in [0.05, 0.1) is 21.3 Å². The molecule has 0 fully saturated rings. The predicted octanol–water partition coefficient (Wildman–Crippen LogP) is 3.15. The van der Waals surface area contributed by atoms with Crippen LogP contribution >= 0.6 is 0 Å². The van der Waals surface area contributed by atoms with Crippen molar-refractivity contribution in [3.8, 4) is 34.4 Å². The molecule has 0 saturated carbocycles. The van der Waals surface area contributed by atoms with Crippen molar-refractivity contribution in [1.82, 2.24) is 10.1 Å². The Morgan fingerprint density at radius 3 is 2.33 bits per heavy atom. The lowest BCUT2D eigenvalue weighted by Crippen LogP contribution is -1.98. The highest BCUT2D eigenvalue weighted by molar-refractivity contribution is 5.76. The van der Waals surface area contributed by atoms with Crippen LogP contribution in [-0.2, 0) is 6.61 Å². The normalized spacial score (nSPS) is 10.3. The van der Waals surface area contributed by atoms with Crippen LogP contribution in [0.5, 0.6) is 23.0 Å². The van der Waals surface area contributed by atoms with E-state index in [9.17, 15) is 4.79 Å². The average molecular weight is 370 g/mol. The van der Waals surface area contributed by atoms with E-state index in [0.717, 1.165) is 11.8 Å². The summed E-state index contributed by atoms with van der Waals surface area (Å²) in [5, 5.41) is 3.96. The Morgan fingerprint density at radius 1 is 0.926 bits per heavy atom. The molecule has 3 rings (SSSR count). The molecule has 8 nitrogen and oxygen atoms in total. The van der Waals surface area contributed by atoms with E-state index in [0.29, 0.717) is 40.3 Å². The molecule has 8 heteroatoms. The molecule has 0 aliphatic rings. The standard InChI is InChI=1S/C19H18N2O6/c1-23-14-7-5-13(9-17(14)25-3)19-20-18(27-21-19)11-26-15-6-4-12(10-22)8-16(15)24-2/h4-10H,11H2,1-3H3. The first-order chi connectivity index (χ1) is 13.2. The van der Waals surface area contributed by atoms with Crippen molar-refractivity contribution in [1.29, 1.82) is 0 Å². The summed E-state index contributed by atoms with van der Waals surface area (Å²) in [7, 11) is 4.62. The Morgan fingerprint density at radius 2 is 1.63 bits per heavy atom. The molecule has 0 saturated heterocycles. The minimum Gasteiger partial charge on any atom is -0.493 e. The summed E-state index contributed by atoms with van der Waals surface area (Å²) in [6.45, 7) is 0.0527. The average Bonchev–Trinajstić information content (AvgIpc) is 3.20. The summed E-state index contributed by atoms with van der Waals surface area (Å²) < 4.78 is 26.6. The van der Waals surface area contributed by atoms with Crippen LogP contribution in [0.3, 0.4) is 0 Å². The van der Waals surface area contributed by atoms with Crippen LogP contribution in [0.4, 0.5) is 0 Å². The highest BCUT2D eigenvalue weighted by atomic mass is 16.5. The fraction of sp³-hybridized carbons (Fsp3) is 0.211. The van der Waals surface area contributed by atoms with E-state index in [1.807, 2.05) is 0 Å². The van der Waals surface area contributed by atoms with Crippen molar-refractivity contribution in [3.05, 3.63) is 47.9 Å². The van der Waals surface area contributed by atoms with Crippen molar-refractivity contribution in [2.75, 3.05) is 21.3 Å². The molecule has 140 valence electrons. The fourth-order valence-electron chi connectivity index (χ4n) is 2.42. The van der Waals surface area contributed by atoms with Gasteiger partial charge in [-0.1, -0.05) is 5.16 Å². The number of aldehydes is 1. The molecular formula is C19H18N2O6. The molecule has 2 aromatic carbocycles. The predicted molar refractivity (Wildman–Crippen MR) is 95.6 cm³/mol. The van der Waals surface area contributed by atoms with Crippen molar-refractivity contribution in [2.45, 2.75) is 6.61 Å². The van der Waals surface area contributed by atoms with Gasteiger partial charge in [0.2, 0.25) is 5.82 Å². The van der Waals surface area contributed by atoms with Gasteiger partial charge in [0.25, 0.3) is 5.89 Å². The van der Waals surface area contributed by atoms with Gasteiger partial charge in [0.15, 0.2) is 29.6 Å². The van der Waals surface area contributed by atoms with E-state index in [1.54, 1.807) is 50.6 Å². The molecule has 0 N–H and O–H groups in total. The SMILES string of the molecule is COc1ccc(-c2noc(COc3ccc(C=O)cc3OC)n2)cc1OC. The minimum absolute atomic E-state index is 0.0527. The lowest BCUT2D eigenvalue weighted by Gasteiger charge is -2.09. The van der Waals surface area contributed by atoms with Crippen molar-refractivity contribution >= 4 is 6.29 Å². The molecular weight excluding hydrogens is 352 g/mol. The number of rotatable bonds is 8. The van der Waals surface area contributed by atoms with E-state index in [1.165, 1.54) is 7.11 Å². The third-order valence-corrected chi connectivity index (χ3v) is 3.78. The Labute approximate surface area is 155 Å². The zero-order valence-corrected chi connectivity index (χ0v) is 15.1. The number of nitrogens with zero attached hydrogens (tertiary/aromatic N) is 2. The Hall–Kier alpha value is -3.55. The Balaban J connectivity index is 1.74. The van der Waals surface area contributed by atoms with Gasteiger partial charge in [-0.25, -0.2) is 0 Å². The van der Waals surface area contributed by atoms with Crippen LogP contribution in [0.2, 0.25) is 0 Å². The van der Waals surface area contributed by atoms with E-state index in [-0.39, 0.29) is 6.61 Å². The van der Waals surface area contributed by atoms with Crippen LogP contribution in [0, 0.1) is 0 Å². The van der Waals surface area contributed by atoms with Crippen LogP contribution in [-0.4, -0.2) is 37.8 Å². The van der Waals surface area contributed by atoms with Crippen LogP contribution < -0.4 is 18.9 Å².